The summed E-state index contributed by atoms with van der Waals surface area (Å²) in [4.78, 5) is 17.8. The minimum atomic E-state index is -0.217. The van der Waals surface area contributed by atoms with Crippen molar-refractivity contribution in [3.05, 3.63) is 71.8 Å². The van der Waals surface area contributed by atoms with Crippen molar-refractivity contribution in [2.75, 3.05) is 12.4 Å². The van der Waals surface area contributed by atoms with Crippen LogP contribution in [0.4, 0.5) is 10.5 Å². The molecule has 0 bridgehead atoms. The first-order chi connectivity index (χ1) is 11.6. The second-order valence-electron chi connectivity index (χ2n) is 5.27. The van der Waals surface area contributed by atoms with Gasteiger partial charge in [0.25, 0.3) is 0 Å². The van der Waals surface area contributed by atoms with E-state index in [0.29, 0.717) is 17.3 Å². The number of carbonyl (C=O) groups excluding carboxylic acids is 1. The summed E-state index contributed by atoms with van der Waals surface area (Å²) >= 11 is 6.15. The van der Waals surface area contributed by atoms with Gasteiger partial charge in [0, 0.05) is 26.0 Å². The summed E-state index contributed by atoms with van der Waals surface area (Å²) in [6.45, 7) is 0.493. The van der Waals surface area contributed by atoms with Crippen LogP contribution in [0, 0.1) is 0 Å². The average molecular weight is 342 g/mol. The fourth-order valence-corrected chi connectivity index (χ4v) is 2.43. The van der Waals surface area contributed by atoms with E-state index in [0.717, 1.165) is 11.3 Å². The maximum atomic E-state index is 12.3. The maximum absolute atomic E-state index is 12.3. The van der Waals surface area contributed by atoms with Crippen LogP contribution in [0.2, 0.25) is 5.02 Å². The molecule has 2 aromatic heterocycles. The Hall–Kier alpha value is -2.86. The first kappa shape index (κ1) is 16.0. The number of amides is 2. The molecular formula is C17H16ClN5O. The number of hydrogen-bond acceptors (Lipinski definition) is 3. The van der Waals surface area contributed by atoms with E-state index in [9.17, 15) is 4.79 Å². The zero-order valence-electron chi connectivity index (χ0n) is 13.1. The van der Waals surface area contributed by atoms with Crippen molar-refractivity contribution < 1.29 is 4.79 Å². The highest BCUT2D eigenvalue weighted by Crippen LogP contribution is 2.20. The van der Waals surface area contributed by atoms with Crippen molar-refractivity contribution in [2.24, 2.45) is 0 Å². The third kappa shape index (κ3) is 3.72. The highest BCUT2D eigenvalue weighted by Gasteiger charge is 2.11. The van der Waals surface area contributed by atoms with Gasteiger partial charge in [-0.3, -0.25) is 4.98 Å². The largest absolute Gasteiger partial charge is 0.323 e. The number of benzene rings is 1. The molecular weight excluding hydrogens is 326 g/mol. The van der Waals surface area contributed by atoms with Crippen LogP contribution in [0.25, 0.3) is 5.69 Å². The Morgan fingerprint density at radius 1 is 1.25 bits per heavy atom. The van der Waals surface area contributed by atoms with Gasteiger partial charge in [-0.2, -0.15) is 5.10 Å². The van der Waals surface area contributed by atoms with E-state index in [2.05, 4.69) is 15.4 Å². The molecule has 0 atom stereocenters. The molecule has 0 saturated carbocycles. The molecule has 1 N–H and O–H groups in total. The van der Waals surface area contributed by atoms with Gasteiger partial charge in [-0.05, 0) is 29.8 Å². The minimum Gasteiger partial charge on any atom is -0.323 e. The highest BCUT2D eigenvalue weighted by atomic mass is 35.5. The molecule has 122 valence electrons. The Balaban J connectivity index is 1.66. The Morgan fingerprint density at radius 2 is 2.00 bits per heavy atom. The molecule has 2 heterocycles. The normalized spacial score (nSPS) is 10.4. The fraction of sp³-hybridized carbons (Fsp3) is 0.118. The Morgan fingerprint density at radius 3 is 2.75 bits per heavy atom. The van der Waals surface area contributed by atoms with Gasteiger partial charge in [0.15, 0.2) is 0 Å². The van der Waals surface area contributed by atoms with Crippen LogP contribution in [0.3, 0.4) is 0 Å². The molecule has 3 rings (SSSR count). The lowest BCUT2D eigenvalue weighted by Gasteiger charge is -2.17. The number of rotatable bonds is 4. The van der Waals surface area contributed by atoms with Crippen LogP contribution in [0.5, 0.6) is 0 Å². The number of pyridine rings is 1. The molecule has 0 aliphatic heterocycles. The summed E-state index contributed by atoms with van der Waals surface area (Å²) in [6.07, 6.45) is 6.71. The van der Waals surface area contributed by atoms with Crippen LogP contribution < -0.4 is 5.32 Å². The molecule has 0 unspecified atom stereocenters. The van der Waals surface area contributed by atoms with Gasteiger partial charge in [-0.15, -0.1) is 0 Å². The van der Waals surface area contributed by atoms with Crippen LogP contribution in [0.1, 0.15) is 5.56 Å². The molecule has 0 spiro atoms. The van der Waals surface area contributed by atoms with E-state index in [1.54, 1.807) is 47.5 Å². The first-order valence-electron chi connectivity index (χ1n) is 7.34. The van der Waals surface area contributed by atoms with Gasteiger partial charge in [-0.25, -0.2) is 9.48 Å². The average Bonchev–Trinajstić information content (AvgIpc) is 3.04. The van der Waals surface area contributed by atoms with Crippen molar-refractivity contribution in [1.82, 2.24) is 19.7 Å². The molecule has 1 aromatic carbocycles. The molecule has 0 aliphatic rings. The predicted molar refractivity (Wildman–Crippen MR) is 93.3 cm³/mol. The summed E-state index contributed by atoms with van der Waals surface area (Å²) in [5, 5.41) is 7.64. The van der Waals surface area contributed by atoms with Gasteiger partial charge >= 0.3 is 6.03 Å². The number of urea groups is 1. The molecule has 3 aromatic rings. The zero-order valence-corrected chi connectivity index (χ0v) is 13.8. The smallest absolute Gasteiger partial charge is 0.321 e. The maximum Gasteiger partial charge on any atom is 0.321 e. The number of nitrogens with zero attached hydrogens (tertiary/aromatic N) is 4. The third-order valence-electron chi connectivity index (χ3n) is 3.45. The molecule has 0 radical (unpaired) electrons. The molecule has 0 saturated heterocycles. The van der Waals surface area contributed by atoms with Gasteiger partial charge in [0.2, 0.25) is 0 Å². The summed E-state index contributed by atoms with van der Waals surface area (Å²) in [5.74, 6) is 0. The number of hydrogen-bond donors (Lipinski definition) is 1. The lowest BCUT2D eigenvalue weighted by Crippen LogP contribution is -2.30. The van der Waals surface area contributed by atoms with E-state index < -0.39 is 0 Å². The summed E-state index contributed by atoms with van der Waals surface area (Å²) in [6, 6.07) is 10.9. The van der Waals surface area contributed by atoms with Crippen LogP contribution >= 0.6 is 11.6 Å². The van der Waals surface area contributed by atoms with E-state index >= 15 is 0 Å². The monoisotopic (exact) mass is 341 g/mol. The SMILES string of the molecule is CN(Cc1ccncc1)C(=O)Nc1cnn(-c2ccccc2Cl)c1. The Kier molecular flexibility index (Phi) is 4.77. The number of halogens is 1. The summed E-state index contributed by atoms with van der Waals surface area (Å²) in [5.41, 5.74) is 2.36. The van der Waals surface area contributed by atoms with Crippen molar-refractivity contribution in [3.8, 4) is 5.69 Å². The third-order valence-corrected chi connectivity index (χ3v) is 3.77. The Bertz CT molecular complexity index is 834. The van der Waals surface area contributed by atoms with Crippen LogP contribution in [-0.2, 0) is 6.54 Å². The summed E-state index contributed by atoms with van der Waals surface area (Å²) < 4.78 is 1.63. The minimum absolute atomic E-state index is 0.217. The second kappa shape index (κ2) is 7.14. The van der Waals surface area contributed by atoms with E-state index in [-0.39, 0.29) is 6.03 Å². The van der Waals surface area contributed by atoms with E-state index in [1.165, 1.54) is 0 Å². The molecule has 0 fully saturated rings. The van der Waals surface area contributed by atoms with Crippen molar-refractivity contribution in [3.63, 3.8) is 0 Å². The van der Waals surface area contributed by atoms with Crippen molar-refractivity contribution >= 4 is 23.3 Å². The number of nitrogens with one attached hydrogen (secondary N) is 1. The first-order valence-corrected chi connectivity index (χ1v) is 7.72. The lowest BCUT2D eigenvalue weighted by molar-refractivity contribution is 0.220. The van der Waals surface area contributed by atoms with Gasteiger partial charge < -0.3 is 10.2 Å². The fourth-order valence-electron chi connectivity index (χ4n) is 2.21. The van der Waals surface area contributed by atoms with Crippen molar-refractivity contribution in [1.29, 1.82) is 0 Å². The van der Waals surface area contributed by atoms with E-state index in [4.69, 9.17) is 11.6 Å². The predicted octanol–water partition coefficient (Wildman–Crippen LogP) is 3.58. The number of anilines is 1. The molecule has 6 nitrogen and oxygen atoms in total. The van der Waals surface area contributed by atoms with Gasteiger partial charge in [0.1, 0.15) is 0 Å². The highest BCUT2D eigenvalue weighted by molar-refractivity contribution is 6.32. The molecule has 7 heteroatoms. The van der Waals surface area contributed by atoms with Crippen LogP contribution in [-0.4, -0.2) is 32.7 Å². The quantitative estimate of drug-likeness (QED) is 0.788. The second-order valence-corrected chi connectivity index (χ2v) is 5.67. The molecule has 24 heavy (non-hydrogen) atoms. The molecule has 2 amide bonds. The van der Waals surface area contributed by atoms with Crippen molar-refractivity contribution in [2.45, 2.75) is 6.54 Å². The van der Waals surface area contributed by atoms with Crippen LogP contribution in [0.15, 0.2) is 61.2 Å². The summed E-state index contributed by atoms with van der Waals surface area (Å²) in [7, 11) is 1.73. The molecule has 0 aliphatic carbocycles. The standard InChI is InChI=1S/C17H16ClN5O/c1-22(11-13-6-8-19-9-7-13)17(24)21-14-10-20-23(12-14)16-5-3-2-4-15(16)18/h2-10,12H,11H2,1H3,(H,21,24). The number of para-hydroxylation sites is 1. The zero-order chi connectivity index (χ0) is 16.9. The van der Waals surface area contributed by atoms with Gasteiger partial charge in [-0.1, -0.05) is 23.7 Å². The number of carbonyl (C=O) groups is 1. The Labute approximate surface area is 144 Å². The lowest BCUT2D eigenvalue weighted by atomic mass is 10.2. The van der Waals surface area contributed by atoms with E-state index in [1.807, 2.05) is 30.3 Å². The number of aromatic nitrogens is 3. The van der Waals surface area contributed by atoms with Gasteiger partial charge in [0.05, 0.1) is 28.8 Å². The topological polar surface area (TPSA) is 63.1 Å².